The average molecular weight is 402 g/mol. The Balaban J connectivity index is 1.46. The minimum atomic E-state index is 0.499. The summed E-state index contributed by atoms with van der Waals surface area (Å²) in [5, 5.41) is 12.9. The van der Waals surface area contributed by atoms with E-state index in [9.17, 15) is 5.21 Å². The Hall–Kier alpha value is -0.530. The predicted octanol–water partition coefficient (Wildman–Crippen LogP) is 7.94. The van der Waals surface area contributed by atoms with Crippen LogP contribution in [0.4, 0.5) is 0 Å². The van der Waals surface area contributed by atoms with Gasteiger partial charge < -0.3 is 5.21 Å². The maximum absolute atomic E-state index is 9.32. The van der Waals surface area contributed by atoms with Crippen LogP contribution in [0.25, 0.3) is 0 Å². The first-order valence-corrected chi connectivity index (χ1v) is 13.0. The van der Waals surface area contributed by atoms with Crippen molar-refractivity contribution in [2.24, 2.45) is 57.4 Å². The largest absolute Gasteiger partial charge is 0.411 e. The molecular weight excluding hydrogens is 354 g/mol. The molecular formula is C27H47NO. The summed E-state index contributed by atoms with van der Waals surface area (Å²) >= 11 is 0. The van der Waals surface area contributed by atoms with Crippen LogP contribution in [-0.2, 0) is 0 Å². The monoisotopic (exact) mass is 401 g/mol. The van der Waals surface area contributed by atoms with E-state index in [2.05, 4.69) is 39.8 Å². The topological polar surface area (TPSA) is 32.6 Å². The number of hydrogen-bond acceptors (Lipinski definition) is 2. The molecule has 0 radical (unpaired) electrons. The van der Waals surface area contributed by atoms with Crippen LogP contribution in [0.15, 0.2) is 5.16 Å². The molecule has 2 heteroatoms. The van der Waals surface area contributed by atoms with Gasteiger partial charge in [0.1, 0.15) is 0 Å². The van der Waals surface area contributed by atoms with Gasteiger partial charge in [0.25, 0.3) is 0 Å². The highest BCUT2D eigenvalue weighted by molar-refractivity contribution is 5.85. The fourth-order valence-corrected chi connectivity index (χ4v) is 9.18. The molecule has 2 nitrogen and oxygen atoms in total. The van der Waals surface area contributed by atoms with Crippen molar-refractivity contribution in [3.63, 3.8) is 0 Å². The van der Waals surface area contributed by atoms with E-state index in [1.54, 1.807) is 0 Å². The second-order valence-corrected chi connectivity index (χ2v) is 12.6. The van der Waals surface area contributed by atoms with Crippen molar-refractivity contribution in [1.29, 1.82) is 0 Å². The first-order chi connectivity index (χ1) is 13.8. The van der Waals surface area contributed by atoms with Crippen LogP contribution in [0.1, 0.15) is 112 Å². The molecule has 0 bridgehead atoms. The molecule has 4 aliphatic carbocycles. The van der Waals surface area contributed by atoms with Gasteiger partial charge in [-0.05, 0) is 110 Å². The van der Waals surface area contributed by atoms with Crippen LogP contribution in [0.5, 0.6) is 0 Å². The molecule has 29 heavy (non-hydrogen) atoms. The Bertz CT molecular complexity index is 612. The summed E-state index contributed by atoms with van der Waals surface area (Å²) in [6.45, 7) is 12.6. The Morgan fingerprint density at radius 3 is 2.41 bits per heavy atom. The minimum Gasteiger partial charge on any atom is -0.411 e. The van der Waals surface area contributed by atoms with Gasteiger partial charge >= 0.3 is 0 Å². The van der Waals surface area contributed by atoms with E-state index in [1.807, 2.05) is 0 Å². The normalized spacial score (nSPS) is 47.0. The Labute approximate surface area is 180 Å². The first-order valence-electron chi connectivity index (χ1n) is 13.0. The molecule has 0 saturated heterocycles. The van der Waals surface area contributed by atoms with Crippen LogP contribution in [-0.4, -0.2) is 10.9 Å². The standard InChI is InChI=1S/C27H47NO/c1-18(2)7-6-8-19(3)23-11-12-24-22-10-9-20-17-21(28-29)13-15-26(20,4)25(22)14-16-27(23,24)5/h18-20,22-25,29H,6-17H2,1-5H3/t19?,20?,22-,23+,24-,25-,26-,27+/m0/s1. The van der Waals surface area contributed by atoms with Crippen molar-refractivity contribution in [2.75, 3.05) is 0 Å². The summed E-state index contributed by atoms with van der Waals surface area (Å²) in [6.07, 6.45) is 16.4. The van der Waals surface area contributed by atoms with Gasteiger partial charge in [0.15, 0.2) is 0 Å². The van der Waals surface area contributed by atoms with Crippen LogP contribution in [0.2, 0.25) is 0 Å². The lowest BCUT2D eigenvalue weighted by Crippen LogP contribution is -2.53. The van der Waals surface area contributed by atoms with Crippen molar-refractivity contribution in [3.05, 3.63) is 0 Å². The second-order valence-electron chi connectivity index (χ2n) is 12.6. The van der Waals surface area contributed by atoms with Crippen molar-refractivity contribution in [1.82, 2.24) is 0 Å². The summed E-state index contributed by atoms with van der Waals surface area (Å²) < 4.78 is 0. The van der Waals surface area contributed by atoms with Crippen molar-refractivity contribution >= 4 is 5.71 Å². The SMILES string of the molecule is CC(C)CCCC(C)[C@H]1CC[C@H]2[C@@H]3CCC4CC(=NO)CC[C@]4(C)[C@H]3CC[C@]12C. The lowest BCUT2D eigenvalue weighted by molar-refractivity contribution is -0.105. The fourth-order valence-electron chi connectivity index (χ4n) is 9.18. The number of hydrogen-bond donors (Lipinski definition) is 1. The van der Waals surface area contributed by atoms with Gasteiger partial charge in [0.2, 0.25) is 0 Å². The summed E-state index contributed by atoms with van der Waals surface area (Å²) in [4.78, 5) is 0. The Morgan fingerprint density at radius 1 is 0.931 bits per heavy atom. The van der Waals surface area contributed by atoms with Crippen molar-refractivity contribution in [3.8, 4) is 0 Å². The van der Waals surface area contributed by atoms with E-state index >= 15 is 0 Å². The van der Waals surface area contributed by atoms with Crippen molar-refractivity contribution in [2.45, 2.75) is 112 Å². The molecule has 0 aliphatic heterocycles. The first kappa shape index (κ1) is 21.7. The molecule has 0 spiro atoms. The highest BCUT2D eigenvalue weighted by Crippen LogP contribution is 2.68. The number of rotatable bonds is 5. The summed E-state index contributed by atoms with van der Waals surface area (Å²) in [5.74, 6) is 6.36. The molecule has 4 aliphatic rings. The van der Waals surface area contributed by atoms with Gasteiger partial charge in [-0.2, -0.15) is 0 Å². The second kappa shape index (κ2) is 8.19. The van der Waals surface area contributed by atoms with E-state index in [0.717, 1.165) is 60.0 Å². The lowest BCUT2D eigenvalue weighted by atomic mass is 9.44. The molecule has 0 amide bonds. The molecule has 166 valence electrons. The smallest absolute Gasteiger partial charge is 0.0574 e. The number of fused-ring (bicyclic) bond motifs is 5. The zero-order valence-electron chi connectivity index (χ0n) is 19.9. The molecule has 0 aromatic carbocycles. The van der Waals surface area contributed by atoms with Gasteiger partial charge in [-0.15, -0.1) is 0 Å². The van der Waals surface area contributed by atoms with E-state index in [4.69, 9.17) is 0 Å². The lowest BCUT2D eigenvalue weighted by Gasteiger charge is -2.60. The third-order valence-corrected chi connectivity index (χ3v) is 10.8. The van der Waals surface area contributed by atoms with Crippen LogP contribution >= 0.6 is 0 Å². The molecule has 4 saturated carbocycles. The predicted molar refractivity (Wildman–Crippen MR) is 122 cm³/mol. The van der Waals surface area contributed by atoms with Gasteiger partial charge in [0.05, 0.1) is 5.71 Å². The molecule has 1 N–H and O–H groups in total. The Kier molecular flexibility index (Phi) is 6.13. The molecule has 8 atom stereocenters. The summed E-state index contributed by atoms with van der Waals surface area (Å²) in [6, 6.07) is 0. The quantitative estimate of drug-likeness (QED) is 0.368. The zero-order valence-corrected chi connectivity index (χ0v) is 19.9. The highest BCUT2D eigenvalue weighted by Gasteiger charge is 2.60. The maximum Gasteiger partial charge on any atom is 0.0574 e. The van der Waals surface area contributed by atoms with Gasteiger partial charge in [-0.25, -0.2) is 0 Å². The van der Waals surface area contributed by atoms with E-state index in [1.165, 1.54) is 64.2 Å². The fraction of sp³-hybridized carbons (Fsp3) is 0.963. The highest BCUT2D eigenvalue weighted by atomic mass is 16.4. The van der Waals surface area contributed by atoms with Gasteiger partial charge in [-0.3, -0.25) is 0 Å². The molecule has 0 aromatic rings. The van der Waals surface area contributed by atoms with E-state index in [0.29, 0.717) is 10.8 Å². The molecule has 0 aromatic heterocycles. The third-order valence-electron chi connectivity index (χ3n) is 10.8. The third kappa shape index (κ3) is 3.69. The summed E-state index contributed by atoms with van der Waals surface area (Å²) in [5.41, 5.74) is 2.18. The molecule has 4 fully saturated rings. The number of oxime groups is 1. The van der Waals surface area contributed by atoms with E-state index in [-0.39, 0.29) is 0 Å². The van der Waals surface area contributed by atoms with Gasteiger partial charge in [0, 0.05) is 0 Å². The van der Waals surface area contributed by atoms with Crippen LogP contribution < -0.4 is 0 Å². The zero-order chi connectivity index (χ0) is 20.8. The van der Waals surface area contributed by atoms with Crippen LogP contribution in [0.3, 0.4) is 0 Å². The van der Waals surface area contributed by atoms with Crippen molar-refractivity contribution < 1.29 is 5.21 Å². The average Bonchev–Trinajstić information content (AvgIpc) is 3.04. The summed E-state index contributed by atoms with van der Waals surface area (Å²) in [7, 11) is 0. The van der Waals surface area contributed by atoms with Gasteiger partial charge in [-0.1, -0.05) is 59.0 Å². The Morgan fingerprint density at radius 2 is 1.69 bits per heavy atom. The molecule has 2 unspecified atom stereocenters. The van der Waals surface area contributed by atoms with E-state index < -0.39 is 0 Å². The van der Waals surface area contributed by atoms with Crippen LogP contribution in [0, 0.1) is 52.3 Å². The molecule has 4 rings (SSSR count). The maximum atomic E-state index is 9.32. The minimum absolute atomic E-state index is 0.499. The number of nitrogens with zero attached hydrogens (tertiary/aromatic N) is 1. The molecule has 0 heterocycles.